The van der Waals surface area contributed by atoms with E-state index in [1.807, 2.05) is 54.6 Å². The molecule has 0 radical (unpaired) electrons. The molecule has 9 heteroatoms. The van der Waals surface area contributed by atoms with Crippen LogP contribution >= 0.6 is 0 Å². The van der Waals surface area contributed by atoms with Crippen molar-refractivity contribution in [2.75, 3.05) is 0 Å². The molecule has 0 atom stereocenters. The van der Waals surface area contributed by atoms with Gasteiger partial charge in [-0.1, -0.05) is 261 Å². The summed E-state index contributed by atoms with van der Waals surface area (Å²) in [4.78, 5) is 3.75. The number of fused-ring (bicyclic) bond motifs is 18. The van der Waals surface area contributed by atoms with Crippen molar-refractivity contribution in [2.24, 2.45) is 0 Å². The van der Waals surface area contributed by atoms with Gasteiger partial charge in [-0.2, -0.15) is 10.5 Å². The first-order chi connectivity index (χ1) is 62.4. The zero-order valence-corrected chi connectivity index (χ0v) is 68.2. The van der Waals surface area contributed by atoms with Gasteiger partial charge >= 0.3 is 0 Å². The van der Waals surface area contributed by atoms with Crippen LogP contribution in [0.2, 0.25) is 0 Å². The van der Waals surface area contributed by atoms with E-state index < -0.39 is 0 Å². The van der Waals surface area contributed by atoms with Gasteiger partial charge in [-0.15, -0.1) is 0 Å². The molecule has 9 nitrogen and oxygen atoms in total. The molecule has 0 fully saturated rings. The van der Waals surface area contributed by atoms with E-state index in [0.717, 1.165) is 111 Å². The van der Waals surface area contributed by atoms with Crippen LogP contribution in [0.5, 0.6) is 0 Å². The Labute approximate surface area is 725 Å². The van der Waals surface area contributed by atoms with Crippen LogP contribution in [0.1, 0.15) is 11.1 Å². The lowest BCUT2D eigenvalue weighted by atomic mass is 10.00. The van der Waals surface area contributed by atoms with Gasteiger partial charge in [0.15, 0.2) is 5.69 Å². The maximum Gasteiger partial charge on any atom is 0.188 e. The van der Waals surface area contributed by atoms with Crippen molar-refractivity contribution in [1.82, 2.24) is 27.4 Å². The van der Waals surface area contributed by atoms with E-state index in [-0.39, 0.29) is 0 Å². The van der Waals surface area contributed by atoms with E-state index in [1.165, 1.54) is 98.8 Å². The maximum absolute atomic E-state index is 9.80. The van der Waals surface area contributed by atoms with E-state index in [9.17, 15) is 10.5 Å². The fourth-order valence-electron chi connectivity index (χ4n) is 19.3. The number of nitriles is 2. The lowest BCUT2D eigenvalue weighted by molar-refractivity contribution is 1.15. The third-order valence-corrected chi connectivity index (χ3v) is 25.0. The molecule has 25 aromatic rings. The summed E-state index contributed by atoms with van der Waals surface area (Å²) in [6.07, 6.45) is 0. The highest BCUT2D eigenvalue weighted by atomic mass is 15.0. The highest BCUT2D eigenvalue weighted by Crippen LogP contribution is 2.44. The molecular formula is C117H73N9. The molecule has 0 saturated heterocycles. The molecule has 6 heterocycles. The Hall–Kier alpha value is -17.6. The number of para-hydroxylation sites is 6. The average Bonchev–Trinajstić information content (AvgIpc) is 1.58. The molecule has 0 amide bonds. The summed E-state index contributed by atoms with van der Waals surface area (Å²) in [6, 6.07) is 161. The summed E-state index contributed by atoms with van der Waals surface area (Å²) in [5.74, 6) is 0. The Morgan fingerprint density at radius 2 is 0.421 bits per heavy atom. The quantitative estimate of drug-likeness (QED) is 0.128. The summed E-state index contributed by atoms with van der Waals surface area (Å²) < 4.78 is 14.0. The van der Waals surface area contributed by atoms with E-state index in [2.05, 4.69) is 433 Å². The second-order valence-electron chi connectivity index (χ2n) is 32.1. The molecule has 126 heavy (non-hydrogen) atoms. The van der Waals surface area contributed by atoms with Crippen molar-refractivity contribution in [3.8, 4) is 90.8 Å². The SMILES string of the molecule is N#Cc1ccc2c(c1)c1cc(-c3ccc4c(c3)c3ccccc3n4-c3ccccc3)ccc1n2-c1cccc(-c2ccccc2)c1.N#Cc1ccc2c(c1)c1ccc(-n3c4ccccc4c4ccccc43)cc1n2-c1cccc(-c2ccccc2)c1.[C-]#[N+]c1ccc2c(c1)c1cc(-n3c4ccccc4c4ccccc43)ccc1n2-c1cccc(-c2ccccc2)c1. The number of benzene rings is 19. The van der Waals surface area contributed by atoms with Crippen molar-refractivity contribution in [2.45, 2.75) is 0 Å². The highest BCUT2D eigenvalue weighted by molar-refractivity contribution is 6.17. The van der Waals surface area contributed by atoms with Crippen molar-refractivity contribution in [3.63, 3.8) is 0 Å². The number of hydrogen-bond acceptors (Lipinski definition) is 2. The minimum absolute atomic E-state index is 0.645. The summed E-state index contributed by atoms with van der Waals surface area (Å²) in [5.41, 5.74) is 31.7. The number of hydrogen-bond donors (Lipinski definition) is 0. The Kier molecular flexibility index (Phi) is 17.9. The van der Waals surface area contributed by atoms with Gasteiger partial charge in [0.2, 0.25) is 0 Å². The van der Waals surface area contributed by atoms with Gasteiger partial charge in [-0.05, 0) is 232 Å². The second-order valence-corrected chi connectivity index (χ2v) is 32.1. The van der Waals surface area contributed by atoms with Gasteiger partial charge in [-0.25, -0.2) is 4.85 Å². The minimum atomic E-state index is 0.645. The maximum atomic E-state index is 9.80. The van der Waals surface area contributed by atoms with Crippen molar-refractivity contribution in [3.05, 3.63) is 465 Å². The van der Waals surface area contributed by atoms with Crippen molar-refractivity contribution in [1.29, 1.82) is 10.5 Å². The third-order valence-electron chi connectivity index (χ3n) is 25.0. The predicted molar refractivity (Wildman–Crippen MR) is 523 cm³/mol. The first-order valence-electron chi connectivity index (χ1n) is 42.3. The van der Waals surface area contributed by atoms with Crippen LogP contribution in [0.3, 0.4) is 0 Å². The van der Waals surface area contributed by atoms with Gasteiger partial charge in [0, 0.05) is 93.4 Å². The second kappa shape index (κ2) is 30.6. The molecule has 0 N–H and O–H groups in total. The molecule has 0 saturated carbocycles. The number of aromatic nitrogens is 6. The van der Waals surface area contributed by atoms with Gasteiger partial charge in [0.05, 0.1) is 96.0 Å². The van der Waals surface area contributed by atoms with Crippen molar-refractivity contribution < 1.29 is 0 Å². The van der Waals surface area contributed by atoms with E-state index in [1.54, 1.807) is 0 Å². The Morgan fingerprint density at radius 1 is 0.167 bits per heavy atom. The predicted octanol–water partition coefficient (Wildman–Crippen LogP) is 30.6. The topological polar surface area (TPSA) is 81.5 Å². The van der Waals surface area contributed by atoms with Crippen LogP contribution in [0.4, 0.5) is 5.69 Å². The minimum Gasteiger partial charge on any atom is -0.309 e. The van der Waals surface area contributed by atoms with Crippen LogP contribution in [-0.2, 0) is 0 Å². The molecule has 0 spiro atoms. The molecule has 0 unspecified atom stereocenters. The first kappa shape index (κ1) is 73.6. The summed E-state index contributed by atoms with van der Waals surface area (Å²) in [6.45, 7) is 7.67. The Bertz CT molecular complexity index is 8700. The van der Waals surface area contributed by atoms with Gasteiger partial charge in [-0.3, -0.25) is 0 Å². The molecule has 6 aromatic heterocycles. The van der Waals surface area contributed by atoms with Crippen LogP contribution in [0.25, 0.3) is 214 Å². The van der Waals surface area contributed by atoms with Gasteiger partial charge in [0.25, 0.3) is 0 Å². The zero-order valence-electron chi connectivity index (χ0n) is 68.2. The molecule has 0 aliphatic rings. The standard InChI is InChI=1S/C43H27N3.2C37H23N3/c44-28-29-18-21-41-37(24-29)39-27-33(20-23-43(39)46(41)35-15-9-12-31(25-35)30-10-3-1-4-11-30)32-19-22-42-38(26-32)36-16-7-8-17-40(36)45(42)34-13-5-2-6-14-34;1-38-27-18-20-36-32(23-27)33-24-29(40-34-16-7-5-14-30(34)31-15-6-8-17-35(31)40)19-21-37(33)39(36)28-13-9-12-26(22-28)25-10-3-2-4-11-25;38-24-25-17-20-36-33(21-25)32-19-18-29(39-34-15-6-4-13-30(34)31-14-5-7-16-35(31)39)23-37(32)40(36)28-12-8-11-27(22-28)26-9-2-1-3-10-26/h1-27H;2-24H;1-23H. The van der Waals surface area contributed by atoms with E-state index in [0.29, 0.717) is 16.8 Å². The Balaban J connectivity index is 0.000000109. The average molecular weight is 1600 g/mol. The largest absolute Gasteiger partial charge is 0.309 e. The summed E-state index contributed by atoms with van der Waals surface area (Å²) in [5, 5.41) is 33.5. The molecule has 0 aliphatic heterocycles. The van der Waals surface area contributed by atoms with E-state index in [4.69, 9.17) is 6.57 Å². The number of rotatable bonds is 10. The number of nitrogens with zero attached hydrogens (tertiary/aromatic N) is 9. The highest BCUT2D eigenvalue weighted by Gasteiger charge is 2.23. The van der Waals surface area contributed by atoms with Gasteiger partial charge in [0.1, 0.15) is 0 Å². The Morgan fingerprint density at radius 3 is 0.833 bits per heavy atom. The fourth-order valence-corrected chi connectivity index (χ4v) is 19.3. The van der Waals surface area contributed by atoms with Crippen molar-refractivity contribution >= 4 is 137 Å². The smallest absolute Gasteiger partial charge is 0.188 e. The van der Waals surface area contributed by atoms with Crippen LogP contribution in [0, 0.1) is 29.2 Å². The summed E-state index contributed by atoms with van der Waals surface area (Å²) >= 11 is 0. The van der Waals surface area contributed by atoms with Gasteiger partial charge < -0.3 is 27.4 Å². The van der Waals surface area contributed by atoms with E-state index >= 15 is 0 Å². The zero-order chi connectivity index (χ0) is 83.9. The van der Waals surface area contributed by atoms with Crippen LogP contribution < -0.4 is 0 Å². The summed E-state index contributed by atoms with van der Waals surface area (Å²) in [7, 11) is 0. The molecule has 586 valence electrons. The molecule has 0 aliphatic carbocycles. The lowest BCUT2D eigenvalue weighted by Gasteiger charge is -2.12. The molecule has 0 bridgehead atoms. The fraction of sp³-hybridized carbons (Fsp3) is 0. The normalized spacial score (nSPS) is 11.5. The lowest BCUT2D eigenvalue weighted by Crippen LogP contribution is -1.97. The van der Waals surface area contributed by atoms with Crippen LogP contribution in [-0.4, -0.2) is 27.4 Å². The van der Waals surface area contributed by atoms with Crippen LogP contribution in [0.15, 0.2) is 443 Å². The monoisotopic (exact) mass is 1600 g/mol. The molecule has 25 rings (SSSR count). The molecular weight excluding hydrogens is 1530 g/mol. The first-order valence-corrected chi connectivity index (χ1v) is 42.3. The molecule has 19 aromatic carbocycles. The third kappa shape index (κ3) is 12.4.